The van der Waals surface area contributed by atoms with Gasteiger partial charge in [-0.3, -0.25) is 4.79 Å². The normalized spacial score (nSPS) is 15.6. The van der Waals surface area contributed by atoms with Gasteiger partial charge in [-0.25, -0.2) is 5.43 Å². The van der Waals surface area contributed by atoms with E-state index in [-0.39, 0.29) is 12.5 Å². The van der Waals surface area contributed by atoms with Gasteiger partial charge in [-0.2, -0.15) is 5.10 Å². The third kappa shape index (κ3) is 5.55. The van der Waals surface area contributed by atoms with Crippen molar-refractivity contribution in [3.8, 4) is 5.75 Å². The fourth-order valence-electron chi connectivity index (χ4n) is 2.30. The standard InChI is InChI=1S/C16H23N3O2/c1-2-10-19-11-8-14(9-12-19)17-18-16(20)13-21-15-6-4-3-5-7-15/h3-7H,2,8-13H2,1H3,(H,18,20). The van der Waals surface area contributed by atoms with Gasteiger partial charge >= 0.3 is 0 Å². The fraction of sp³-hybridized carbons (Fsp3) is 0.500. The largest absolute Gasteiger partial charge is 0.484 e. The number of rotatable bonds is 6. The lowest BCUT2D eigenvalue weighted by Gasteiger charge is -2.26. The molecule has 1 aliphatic heterocycles. The summed E-state index contributed by atoms with van der Waals surface area (Å²) in [5.41, 5.74) is 3.64. The maximum Gasteiger partial charge on any atom is 0.277 e. The lowest BCUT2D eigenvalue weighted by Crippen LogP contribution is -2.35. The zero-order valence-electron chi connectivity index (χ0n) is 12.5. The molecule has 5 nitrogen and oxygen atoms in total. The van der Waals surface area contributed by atoms with E-state index in [1.807, 2.05) is 30.3 Å². The molecule has 0 atom stereocenters. The van der Waals surface area contributed by atoms with Gasteiger partial charge in [0.25, 0.3) is 5.91 Å². The molecule has 1 aromatic carbocycles. The molecular weight excluding hydrogens is 266 g/mol. The molecule has 1 saturated heterocycles. The Morgan fingerprint density at radius 1 is 1.29 bits per heavy atom. The van der Waals surface area contributed by atoms with E-state index < -0.39 is 0 Å². The molecule has 1 heterocycles. The second-order valence-corrected chi connectivity index (χ2v) is 5.16. The molecule has 0 saturated carbocycles. The Hall–Kier alpha value is -1.88. The van der Waals surface area contributed by atoms with Crippen LogP contribution in [0, 0.1) is 0 Å². The van der Waals surface area contributed by atoms with Crippen molar-refractivity contribution >= 4 is 11.6 Å². The number of carbonyl (C=O) groups excluding carboxylic acids is 1. The second kappa shape index (κ2) is 8.42. The molecule has 5 heteroatoms. The van der Waals surface area contributed by atoms with Gasteiger partial charge in [0.1, 0.15) is 5.75 Å². The minimum Gasteiger partial charge on any atom is -0.484 e. The van der Waals surface area contributed by atoms with E-state index in [1.54, 1.807) is 0 Å². The molecule has 21 heavy (non-hydrogen) atoms. The summed E-state index contributed by atoms with van der Waals surface area (Å²) < 4.78 is 5.37. The number of para-hydroxylation sites is 1. The molecule has 0 aliphatic carbocycles. The Morgan fingerprint density at radius 2 is 2.00 bits per heavy atom. The summed E-state index contributed by atoms with van der Waals surface area (Å²) in [5, 5.41) is 4.20. The van der Waals surface area contributed by atoms with Crippen molar-refractivity contribution in [2.24, 2.45) is 5.10 Å². The van der Waals surface area contributed by atoms with E-state index >= 15 is 0 Å². The number of amides is 1. The summed E-state index contributed by atoms with van der Waals surface area (Å²) in [6, 6.07) is 9.30. The van der Waals surface area contributed by atoms with Crippen LogP contribution in [0.1, 0.15) is 26.2 Å². The van der Waals surface area contributed by atoms with E-state index in [4.69, 9.17) is 4.74 Å². The Labute approximate surface area is 126 Å². The van der Waals surface area contributed by atoms with Crippen LogP contribution in [0.25, 0.3) is 0 Å². The first-order valence-corrected chi connectivity index (χ1v) is 7.52. The van der Waals surface area contributed by atoms with Gasteiger partial charge in [-0.15, -0.1) is 0 Å². The molecule has 0 aromatic heterocycles. The van der Waals surface area contributed by atoms with Crippen molar-refractivity contribution in [1.82, 2.24) is 10.3 Å². The van der Waals surface area contributed by atoms with Crippen molar-refractivity contribution in [2.75, 3.05) is 26.2 Å². The van der Waals surface area contributed by atoms with Crippen molar-refractivity contribution in [3.05, 3.63) is 30.3 Å². The smallest absolute Gasteiger partial charge is 0.277 e. The first-order chi connectivity index (χ1) is 10.3. The molecule has 0 bridgehead atoms. The van der Waals surface area contributed by atoms with Gasteiger partial charge in [0.2, 0.25) is 0 Å². The topological polar surface area (TPSA) is 53.9 Å². The van der Waals surface area contributed by atoms with Crippen molar-refractivity contribution in [1.29, 1.82) is 0 Å². The number of benzene rings is 1. The average Bonchev–Trinajstić information content (AvgIpc) is 2.53. The zero-order valence-corrected chi connectivity index (χ0v) is 12.5. The van der Waals surface area contributed by atoms with Crippen LogP contribution in [0.4, 0.5) is 0 Å². The molecule has 0 spiro atoms. The summed E-state index contributed by atoms with van der Waals surface area (Å²) in [6.45, 7) is 5.38. The zero-order chi connectivity index (χ0) is 14.9. The average molecular weight is 289 g/mol. The summed E-state index contributed by atoms with van der Waals surface area (Å²) in [4.78, 5) is 14.1. The number of ether oxygens (including phenoxy) is 1. The molecule has 1 fully saturated rings. The van der Waals surface area contributed by atoms with E-state index in [0.717, 1.165) is 38.2 Å². The lowest BCUT2D eigenvalue weighted by atomic mass is 10.1. The first-order valence-electron chi connectivity index (χ1n) is 7.52. The predicted molar refractivity (Wildman–Crippen MR) is 83.5 cm³/mol. The van der Waals surface area contributed by atoms with Gasteiger partial charge in [0.05, 0.1) is 0 Å². The monoisotopic (exact) mass is 289 g/mol. The molecule has 2 rings (SSSR count). The van der Waals surface area contributed by atoms with Gasteiger partial charge in [0.15, 0.2) is 6.61 Å². The number of hydrogen-bond donors (Lipinski definition) is 1. The Balaban J connectivity index is 1.68. The molecule has 1 aliphatic rings. The fourth-order valence-corrected chi connectivity index (χ4v) is 2.30. The minimum atomic E-state index is -0.220. The molecule has 0 radical (unpaired) electrons. The number of carbonyl (C=O) groups is 1. The molecule has 1 aromatic rings. The summed E-state index contributed by atoms with van der Waals surface area (Å²) >= 11 is 0. The Morgan fingerprint density at radius 3 is 2.67 bits per heavy atom. The van der Waals surface area contributed by atoms with Crippen molar-refractivity contribution in [2.45, 2.75) is 26.2 Å². The van der Waals surface area contributed by atoms with Crippen LogP contribution in [0.5, 0.6) is 5.75 Å². The molecule has 1 N–H and O–H groups in total. The lowest BCUT2D eigenvalue weighted by molar-refractivity contribution is -0.123. The number of hydrazone groups is 1. The van der Waals surface area contributed by atoms with E-state index in [9.17, 15) is 4.79 Å². The summed E-state index contributed by atoms with van der Waals surface area (Å²) in [7, 11) is 0. The number of nitrogens with zero attached hydrogens (tertiary/aromatic N) is 2. The Bertz CT molecular complexity index is 464. The molecule has 0 unspecified atom stereocenters. The van der Waals surface area contributed by atoms with Crippen LogP contribution in [0.15, 0.2) is 35.4 Å². The minimum absolute atomic E-state index is 0.0112. The molecular formula is C16H23N3O2. The third-order valence-corrected chi connectivity index (χ3v) is 3.42. The maximum absolute atomic E-state index is 11.7. The van der Waals surface area contributed by atoms with E-state index in [1.165, 1.54) is 6.42 Å². The van der Waals surface area contributed by atoms with Crippen LogP contribution < -0.4 is 10.2 Å². The summed E-state index contributed by atoms with van der Waals surface area (Å²) in [5.74, 6) is 0.468. The van der Waals surface area contributed by atoms with Crippen LogP contribution in [-0.2, 0) is 4.79 Å². The molecule has 114 valence electrons. The Kier molecular flexibility index (Phi) is 6.22. The highest BCUT2D eigenvalue weighted by Crippen LogP contribution is 2.08. The number of hydrogen-bond acceptors (Lipinski definition) is 4. The van der Waals surface area contributed by atoms with Crippen LogP contribution >= 0.6 is 0 Å². The number of nitrogens with one attached hydrogen (secondary N) is 1. The van der Waals surface area contributed by atoms with Gasteiger partial charge < -0.3 is 9.64 Å². The summed E-state index contributed by atoms with van der Waals surface area (Å²) in [6.07, 6.45) is 3.04. The van der Waals surface area contributed by atoms with Crippen LogP contribution in [-0.4, -0.2) is 42.8 Å². The highest BCUT2D eigenvalue weighted by Gasteiger charge is 2.14. The van der Waals surface area contributed by atoms with Crippen molar-refractivity contribution < 1.29 is 9.53 Å². The van der Waals surface area contributed by atoms with Gasteiger partial charge in [-0.05, 0) is 25.1 Å². The highest BCUT2D eigenvalue weighted by molar-refractivity contribution is 5.87. The molecule has 1 amide bonds. The van der Waals surface area contributed by atoms with Crippen molar-refractivity contribution in [3.63, 3.8) is 0 Å². The highest BCUT2D eigenvalue weighted by atomic mass is 16.5. The third-order valence-electron chi connectivity index (χ3n) is 3.42. The quantitative estimate of drug-likeness (QED) is 0.815. The maximum atomic E-state index is 11.7. The van der Waals surface area contributed by atoms with E-state index in [2.05, 4.69) is 22.4 Å². The first kappa shape index (κ1) is 15.5. The SMILES string of the molecule is CCCN1CCC(=NNC(=O)COc2ccccc2)CC1. The predicted octanol–water partition coefficient (Wildman–Crippen LogP) is 2.04. The number of piperidine rings is 1. The van der Waals surface area contributed by atoms with Gasteiger partial charge in [0, 0.05) is 31.6 Å². The van der Waals surface area contributed by atoms with E-state index in [0.29, 0.717) is 5.75 Å². The van der Waals surface area contributed by atoms with Crippen LogP contribution in [0.2, 0.25) is 0 Å². The second-order valence-electron chi connectivity index (χ2n) is 5.16. The van der Waals surface area contributed by atoms with Crippen LogP contribution in [0.3, 0.4) is 0 Å². The van der Waals surface area contributed by atoms with Gasteiger partial charge in [-0.1, -0.05) is 25.1 Å². The number of likely N-dealkylation sites (tertiary alicyclic amines) is 1.